The first kappa shape index (κ1) is 13.0. The molecule has 0 bridgehead atoms. The Hall–Kier alpha value is -2.44. The smallest absolute Gasteiger partial charge is 0.278 e. The number of aryl methyl sites for hydroxylation is 2. The topological polar surface area (TPSA) is 90.0 Å². The van der Waals surface area contributed by atoms with Crippen LogP contribution in [0.3, 0.4) is 0 Å². The summed E-state index contributed by atoms with van der Waals surface area (Å²) in [6.45, 7) is 4.15. The van der Waals surface area contributed by atoms with Gasteiger partial charge in [0.15, 0.2) is 0 Å². The van der Waals surface area contributed by atoms with Crippen molar-refractivity contribution >= 4 is 11.8 Å². The van der Waals surface area contributed by atoms with E-state index in [2.05, 4.69) is 15.6 Å². The molecule has 1 N–H and O–H groups in total. The lowest BCUT2D eigenvalue weighted by molar-refractivity contribution is 0.101. The summed E-state index contributed by atoms with van der Waals surface area (Å²) in [7, 11) is 0. The number of hydrogen-bond acceptors (Lipinski definition) is 5. The number of anilines is 1. The summed E-state index contributed by atoms with van der Waals surface area (Å²) in [6, 6.07) is 4.30. The van der Waals surface area contributed by atoms with Gasteiger partial charge >= 0.3 is 0 Å². The van der Waals surface area contributed by atoms with Crippen LogP contribution in [0.1, 0.15) is 29.5 Å². The number of carbonyl (C=O) groups excluding carboxylic acids is 1. The number of carbonyl (C=O) groups is 1. The number of nitrogens with zero attached hydrogens (tertiary/aromatic N) is 3. The van der Waals surface area contributed by atoms with Gasteiger partial charge in [0.05, 0.1) is 5.69 Å². The van der Waals surface area contributed by atoms with Crippen molar-refractivity contribution in [1.82, 2.24) is 14.9 Å². The van der Waals surface area contributed by atoms with Crippen LogP contribution in [-0.4, -0.2) is 20.8 Å². The minimum atomic E-state index is -0.444. The molecule has 2 aromatic rings. The van der Waals surface area contributed by atoms with Gasteiger partial charge in [-0.15, -0.1) is 0 Å². The highest BCUT2D eigenvalue weighted by molar-refractivity contribution is 6.01. The highest BCUT2D eigenvalue weighted by Crippen LogP contribution is 2.09. The first-order chi connectivity index (χ1) is 9.10. The summed E-state index contributed by atoms with van der Waals surface area (Å²) in [4.78, 5) is 23.4. The number of nitrogens with one attached hydrogen (secondary N) is 1. The van der Waals surface area contributed by atoms with Gasteiger partial charge in [-0.25, -0.2) is 4.68 Å². The van der Waals surface area contributed by atoms with E-state index in [0.29, 0.717) is 12.2 Å². The fourth-order valence-corrected chi connectivity index (χ4v) is 1.54. The van der Waals surface area contributed by atoms with Crippen molar-refractivity contribution in [3.05, 3.63) is 39.9 Å². The van der Waals surface area contributed by atoms with E-state index < -0.39 is 5.91 Å². The molecule has 7 nitrogen and oxygen atoms in total. The second kappa shape index (κ2) is 5.47. The molecule has 0 spiro atoms. The van der Waals surface area contributed by atoms with E-state index in [1.165, 1.54) is 16.8 Å². The zero-order chi connectivity index (χ0) is 13.8. The summed E-state index contributed by atoms with van der Waals surface area (Å²) < 4.78 is 6.14. The molecule has 2 aromatic heterocycles. The Kier molecular flexibility index (Phi) is 3.74. The largest absolute Gasteiger partial charge is 0.338 e. The Morgan fingerprint density at radius 3 is 2.89 bits per heavy atom. The van der Waals surface area contributed by atoms with Crippen molar-refractivity contribution < 1.29 is 9.32 Å². The van der Waals surface area contributed by atoms with Crippen molar-refractivity contribution in [2.24, 2.45) is 0 Å². The third-order valence-corrected chi connectivity index (χ3v) is 2.40. The molecule has 0 atom stereocenters. The molecule has 100 valence electrons. The normalized spacial score (nSPS) is 10.4. The molecular formula is C12H14N4O3. The lowest BCUT2D eigenvalue weighted by Crippen LogP contribution is -2.26. The maximum atomic E-state index is 11.9. The van der Waals surface area contributed by atoms with Crippen LogP contribution in [0, 0.1) is 6.92 Å². The second-order valence-corrected chi connectivity index (χ2v) is 4.07. The molecule has 0 saturated heterocycles. The van der Waals surface area contributed by atoms with E-state index in [1.807, 2.05) is 6.92 Å². The molecule has 0 radical (unpaired) electrons. The molecule has 0 aliphatic heterocycles. The Bertz CT molecular complexity index is 644. The highest BCUT2D eigenvalue weighted by atomic mass is 16.5. The summed E-state index contributed by atoms with van der Waals surface area (Å²) >= 11 is 0. The van der Waals surface area contributed by atoms with Crippen molar-refractivity contribution in [2.45, 2.75) is 26.8 Å². The van der Waals surface area contributed by atoms with Gasteiger partial charge in [0.25, 0.3) is 11.5 Å². The Labute approximate surface area is 109 Å². The quantitative estimate of drug-likeness (QED) is 0.894. The monoisotopic (exact) mass is 262 g/mol. The van der Waals surface area contributed by atoms with Gasteiger partial charge < -0.3 is 4.52 Å². The lowest BCUT2D eigenvalue weighted by Gasteiger charge is -2.04. The van der Waals surface area contributed by atoms with Gasteiger partial charge in [-0.1, -0.05) is 12.1 Å². The van der Waals surface area contributed by atoms with E-state index >= 15 is 0 Å². The maximum absolute atomic E-state index is 11.9. The molecule has 0 fully saturated rings. The minimum absolute atomic E-state index is 0.155. The molecule has 0 aromatic carbocycles. The number of aromatic nitrogens is 3. The van der Waals surface area contributed by atoms with Crippen LogP contribution < -0.4 is 10.9 Å². The summed E-state index contributed by atoms with van der Waals surface area (Å²) in [5, 5.41) is 10.2. The van der Waals surface area contributed by atoms with E-state index in [9.17, 15) is 9.59 Å². The van der Waals surface area contributed by atoms with E-state index in [-0.39, 0.29) is 17.1 Å². The maximum Gasteiger partial charge on any atom is 0.278 e. The van der Waals surface area contributed by atoms with Gasteiger partial charge in [-0.05, 0) is 19.4 Å². The molecule has 19 heavy (non-hydrogen) atoms. The van der Waals surface area contributed by atoms with E-state index in [1.54, 1.807) is 13.0 Å². The highest BCUT2D eigenvalue weighted by Gasteiger charge is 2.12. The van der Waals surface area contributed by atoms with E-state index in [4.69, 9.17) is 4.52 Å². The van der Waals surface area contributed by atoms with Crippen LogP contribution in [0.25, 0.3) is 0 Å². The van der Waals surface area contributed by atoms with Crippen LogP contribution >= 0.6 is 0 Å². The van der Waals surface area contributed by atoms with Gasteiger partial charge in [0.1, 0.15) is 5.69 Å². The third kappa shape index (κ3) is 3.06. The van der Waals surface area contributed by atoms with Crippen molar-refractivity contribution in [3.63, 3.8) is 0 Å². The summed E-state index contributed by atoms with van der Waals surface area (Å²) in [5.41, 5.74) is 0.593. The van der Waals surface area contributed by atoms with Crippen LogP contribution in [0.2, 0.25) is 0 Å². The van der Waals surface area contributed by atoms with Crippen molar-refractivity contribution in [1.29, 1.82) is 0 Å². The number of amides is 1. The molecule has 0 aliphatic carbocycles. The first-order valence-corrected chi connectivity index (χ1v) is 5.93. The van der Waals surface area contributed by atoms with Crippen LogP contribution in [0.15, 0.2) is 27.5 Å². The number of rotatable bonds is 4. The average molecular weight is 262 g/mol. The molecule has 1 amide bonds. The average Bonchev–Trinajstić information content (AvgIpc) is 2.77. The number of hydrogen-bond donors (Lipinski definition) is 1. The van der Waals surface area contributed by atoms with Gasteiger partial charge in [-0.2, -0.15) is 5.10 Å². The zero-order valence-electron chi connectivity index (χ0n) is 10.7. The molecule has 2 heterocycles. The Morgan fingerprint density at radius 1 is 1.47 bits per heavy atom. The van der Waals surface area contributed by atoms with Crippen LogP contribution in [-0.2, 0) is 6.54 Å². The summed E-state index contributed by atoms with van der Waals surface area (Å²) in [5.74, 6) is -0.196. The Morgan fingerprint density at radius 2 is 2.26 bits per heavy atom. The standard InChI is InChI=1S/C12H14N4O3/c1-3-6-16-11(17)5-4-9(14-16)12(18)13-10-7-8(2)15-19-10/h4-5,7H,3,6H2,1-2H3,(H,13,18). The van der Waals surface area contributed by atoms with Crippen LogP contribution in [0.4, 0.5) is 5.88 Å². The Balaban J connectivity index is 2.19. The molecule has 7 heteroatoms. The first-order valence-electron chi connectivity index (χ1n) is 5.93. The predicted molar refractivity (Wildman–Crippen MR) is 68.0 cm³/mol. The third-order valence-electron chi connectivity index (χ3n) is 2.40. The van der Waals surface area contributed by atoms with Gasteiger partial charge in [0, 0.05) is 18.7 Å². The zero-order valence-corrected chi connectivity index (χ0v) is 10.7. The minimum Gasteiger partial charge on any atom is -0.338 e. The van der Waals surface area contributed by atoms with Gasteiger partial charge in [-0.3, -0.25) is 14.9 Å². The lowest BCUT2D eigenvalue weighted by atomic mass is 10.3. The summed E-state index contributed by atoms with van der Waals surface area (Å²) in [6.07, 6.45) is 0.763. The van der Waals surface area contributed by atoms with Crippen molar-refractivity contribution in [2.75, 3.05) is 5.32 Å². The van der Waals surface area contributed by atoms with Gasteiger partial charge in [0.2, 0.25) is 5.88 Å². The SMILES string of the molecule is CCCn1nc(C(=O)Nc2cc(C)no2)ccc1=O. The van der Waals surface area contributed by atoms with Crippen LogP contribution in [0.5, 0.6) is 0 Å². The molecule has 0 saturated carbocycles. The molecule has 0 aliphatic rings. The molecular weight excluding hydrogens is 248 g/mol. The fraction of sp³-hybridized carbons (Fsp3) is 0.333. The molecule has 2 rings (SSSR count). The fourth-order valence-electron chi connectivity index (χ4n) is 1.54. The van der Waals surface area contributed by atoms with E-state index in [0.717, 1.165) is 6.42 Å². The van der Waals surface area contributed by atoms with Crippen molar-refractivity contribution in [3.8, 4) is 0 Å². The predicted octanol–water partition coefficient (Wildman–Crippen LogP) is 1.20. The second-order valence-electron chi connectivity index (χ2n) is 4.07. The molecule has 0 unspecified atom stereocenters.